The highest BCUT2D eigenvalue weighted by Gasteiger charge is 2.13. The Hall–Kier alpha value is -1.94. The summed E-state index contributed by atoms with van der Waals surface area (Å²) in [5.41, 5.74) is 2.93. The number of allylic oxidation sites excluding steroid dienone is 2. The molecule has 1 aromatic rings. The van der Waals surface area contributed by atoms with Crippen LogP contribution < -0.4 is 0 Å². The summed E-state index contributed by atoms with van der Waals surface area (Å²) in [7, 11) is 1.70. The van der Waals surface area contributed by atoms with Gasteiger partial charge in [0, 0.05) is 26.3 Å². The Morgan fingerprint density at radius 1 is 1.50 bits per heavy atom. The molecule has 22 heavy (non-hydrogen) atoms. The smallest absolute Gasteiger partial charge is 0.137 e. The Kier molecular flexibility index (Phi) is 8.15. The van der Waals surface area contributed by atoms with Gasteiger partial charge in [-0.2, -0.15) is 0 Å². The molecular formula is C18H27N3O. The second-order valence-electron chi connectivity index (χ2n) is 5.29. The summed E-state index contributed by atoms with van der Waals surface area (Å²) >= 11 is 0. The van der Waals surface area contributed by atoms with Crippen molar-refractivity contribution in [2.24, 2.45) is 4.99 Å². The van der Waals surface area contributed by atoms with E-state index in [1.165, 1.54) is 5.56 Å². The van der Waals surface area contributed by atoms with Crippen molar-refractivity contribution < 1.29 is 5.11 Å². The quantitative estimate of drug-likeness (QED) is 0.430. The lowest BCUT2D eigenvalue weighted by molar-refractivity contribution is 0.290. The first-order chi connectivity index (χ1) is 10.6. The minimum absolute atomic E-state index is 0.178. The molecule has 0 aromatic carbocycles. The van der Waals surface area contributed by atoms with Gasteiger partial charge >= 0.3 is 0 Å². The second-order valence-corrected chi connectivity index (χ2v) is 5.29. The Bertz CT molecular complexity index is 535. The van der Waals surface area contributed by atoms with Crippen LogP contribution in [0.3, 0.4) is 0 Å². The van der Waals surface area contributed by atoms with E-state index in [9.17, 15) is 5.11 Å². The molecule has 0 saturated carbocycles. The molecule has 1 aromatic heterocycles. The van der Waals surface area contributed by atoms with Crippen molar-refractivity contribution in [1.82, 2.24) is 9.88 Å². The molecule has 0 atom stereocenters. The minimum Gasteiger partial charge on any atom is -0.506 e. The molecule has 1 N–H and O–H groups in total. The Morgan fingerprint density at radius 2 is 2.27 bits per heavy atom. The van der Waals surface area contributed by atoms with Gasteiger partial charge < -0.3 is 5.11 Å². The SMILES string of the molecule is C=C/C=C(/O)C(CN(CCCC)Cc1ncccc1C)=NC. The van der Waals surface area contributed by atoms with Crippen molar-refractivity contribution in [1.29, 1.82) is 0 Å². The Balaban J connectivity index is 2.86. The summed E-state index contributed by atoms with van der Waals surface area (Å²) in [4.78, 5) is 10.9. The number of hydrogen-bond acceptors (Lipinski definition) is 4. The van der Waals surface area contributed by atoms with Crippen molar-refractivity contribution in [2.45, 2.75) is 33.2 Å². The highest BCUT2D eigenvalue weighted by molar-refractivity contribution is 5.99. The molecule has 0 aliphatic carbocycles. The predicted molar refractivity (Wildman–Crippen MR) is 93.4 cm³/mol. The van der Waals surface area contributed by atoms with E-state index in [0.29, 0.717) is 12.3 Å². The molecule has 0 spiro atoms. The van der Waals surface area contributed by atoms with Crippen LogP contribution in [0.4, 0.5) is 0 Å². The van der Waals surface area contributed by atoms with Crippen LogP contribution in [-0.4, -0.2) is 40.8 Å². The van der Waals surface area contributed by atoms with Crippen LogP contribution in [0.2, 0.25) is 0 Å². The van der Waals surface area contributed by atoms with E-state index in [0.717, 1.165) is 31.6 Å². The zero-order valence-corrected chi connectivity index (χ0v) is 13.9. The van der Waals surface area contributed by atoms with Gasteiger partial charge in [0.2, 0.25) is 0 Å². The minimum atomic E-state index is 0.178. The summed E-state index contributed by atoms with van der Waals surface area (Å²) in [5, 5.41) is 10.0. The van der Waals surface area contributed by atoms with Crippen LogP contribution in [0.15, 0.2) is 47.8 Å². The summed E-state index contributed by atoms with van der Waals surface area (Å²) in [6.07, 6.45) is 7.20. The van der Waals surface area contributed by atoms with Gasteiger partial charge in [-0.1, -0.05) is 32.1 Å². The number of unbranched alkanes of at least 4 members (excludes halogenated alkanes) is 1. The molecule has 0 aliphatic heterocycles. The van der Waals surface area contributed by atoms with E-state index >= 15 is 0 Å². The normalized spacial score (nSPS) is 12.7. The third kappa shape index (κ3) is 5.82. The lowest BCUT2D eigenvalue weighted by atomic mass is 10.2. The molecule has 0 aliphatic rings. The van der Waals surface area contributed by atoms with Crippen molar-refractivity contribution >= 4 is 5.71 Å². The van der Waals surface area contributed by atoms with Crippen molar-refractivity contribution in [3.63, 3.8) is 0 Å². The lowest BCUT2D eigenvalue weighted by Gasteiger charge is -2.23. The number of pyridine rings is 1. The maximum atomic E-state index is 10.0. The van der Waals surface area contributed by atoms with Gasteiger partial charge in [-0.05, 0) is 37.6 Å². The molecule has 4 nitrogen and oxygen atoms in total. The van der Waals surface area contributed by atoms with E-state index in [4.69, 9.17) is 0 Å². The first-order valence-corrected chi connectivity index (χ1v) is 7.72. The van der Waals surface area contributed by atoms with Crippen LogP contribution in [0.25, 0.3) is 0 Å². The fourth-order valence-corrected chi connectivity index (χ4v) is 2.18. The number of aliphatic hydroxyl groups is 1. The van der Waals surface area contributed by atoms with E-state index in [-0.39, 0.29) is 5.76 Å². The largest absolute Gasteiger partial charge is 0.506 e. The first-order valence-electron chi connectivity index (χ1n) is 7.72. The fourth-order valence-electron chi connectivity index (χ4n) is 2.18. The van der Waals surface area contributed by atoms with E-state index in [2.05, 4.69) is 41.4 Å². The molecule has 4 heteroatoms. The zero-order chi connectivity index (χ0) is 16.4. The van der Waals surface area contributed by atoms with Crippen LogP contribution in [0.1, 0.15) is 31.0 Å². The highest BCUT2D eigenvalue weighted by atomic mass is 16.3. The third-order valence-electron chi connectivity index (χ3n) is 3.53. The zero-order valence-electron chi connectivity index (χ0n) is 13.9. The molecule has 0 saturated heterocycles. The summed E-state index contributed by atoms with van der Waals surface area (Å²) in [6.45, 7) is 10.2. The van der Waals surface area contributed by atoms with Crippen LogP contribution >= 0.6 is 0 Å². The van der Waals surface area contributed by atoms with Crippen molar-refractivity contribution in [2.75, 3.05) is 20.1 Å². The third-order valence-corrected chi connectivity index (χ3v) is 3.53. The Morgan fingerprint density at radius 3 is 2.86 bits per heavy atom. The van der Waals surface area contributed by atoms with Crippen LogP contribution in [0, 0.1) is 6.92 Å². The number of aliphatic imine (C=N–C) groups is 1. The van der Waals surface area contributed by atoms with Crippen LogP contribution in [-0.2, 0) is 6.54 Å². The first kappa shape index (κ1) is 18.1. The van der Waals surface area contributed by atoms with Crippen LogP contribution in [0.5, 0.6) is 0 Å². The highest BCUT2D eigenvalue weighted by Crippen LogP contribution is 2.10. The predicted octanol–water partition coefficient (Wildman–Crippen LogP) is 3.69. The number of aryl methyl sites for hydroxylation is 1. The molecule has 120 valence electrons. The standard InChI is InChI=1S/C18H27N3O/c1-5-7-12-21(13-16-15(3)10-8-11-20-16)14-17(19-4)18(22)9-6-2/h6,8-11,22H,2,5,7,12-14H2,1,3-4H3/b18-9+,19-17?. The van der Waals surface area contributed by atoms with Gasteiger partial charge in [0.1, 0.15) is 5.76 Å². The van der Waals surface area contributed by atoms with Gasteiger partial charge in [0.15, 0.2) is 0 Å². The fraction of sp³-hybridized carbons (Fsp3) is 0.444. The van der Waals surface area contributed by atoms with E-state index in [1.54, 1.807) is 19.2 Å². The molecule has 1 rings (SSSR count). The van der Waals surface area contributed by atoms with E-state index in [1.807, 2.05) is 12.3 Å². The maximum absolute atomic E-state index is 10.0. The maximum Gasteiger partial charge on any atom is 0.137 e. The number of aromatic nitrogens is 1. The number of hydrogen-bond donors (Lipinski definition) is 1. The molecule has 0 radical (unpaired) electrons. The van der Waals surface area contributed by atoms with Gasteiger partial charge in [-0.3, -0.25) is 14.9 Å². The van der Waals surface area contributed by atoms with E-state index < -0.39 is 0 Å². The van der Waals surface area contributed by atoms with Gasteiger partial charge in [-0.25, -0.2) is 0 Å². The summed E-state index contributed by atoms with van der Waals surface area (Å²) < 4.78 is 0. The topological polar surface area (TPSA) is 48.7 Å². The molecule has 1 heterocycles. The molecule has 0 fully saturated rings. The Labute approximate surface area is 133 Å². The number of aliphatic hydroxyl groups excluding tert-OH is 1. The summed E-state index contributed by atoms with van der Waals surface area (Å²) in [6, 6.07) is 4.02. The van der Waals surface area contributed by atoms with Crippen molar-refractivity contribution in [3.05, 3.63) is 54.1 Å². The molecule has 0 amide bonds. The lowest BCUT2D eigenvalue weighted by Crippen LogP contribution is -2.32. The average molecular weight is 301 g/mol. The number of nitrogens with zero attached hydrogens (tertiary/aromatic N) is 3. The number of rotatable bonds is 9. The second kappa shape index (κ2) is 9.90. The van der Waals surface area contributed by atoms with Crippen molar-refractivity contribution in [3.8, 4) is 0 Å². The average Bonchev–Trinajstić information content (AvgIpc) is 2.52. The summed E-state index contributed by atoms with van der Waals surface area (Å²) in [5.74, 6) is 0.178. The molecule has 0 bridgehead atoms. The monoisotopic (exact) mass is 301 g/mol. The van der Waals surface area contributed by atoms with Gasteiger partial charge in [0.25, 0.3) is 0 Å². The van der Waals surface area contributed by atoms with Gasteiger partial charge in [-0.15, -0.1) is 0 Å². The molecular weight excluding hydrogens is 274 g/mol. The van der Waals surface area contributed by atoms with Gasteiger partial charge in [0.05, 0.1) is 11.4 Å². The molecule has 0 unspecified atom stereocenters.